The first-order valence-electron chi connectivity index (χ1n) is 4.12. The highest BCUT2D eigenvalue weighted by molar-refractivity contribution is 6.18. The van der Waals surface area contributed by atoms with E-state index in [-0.39, 0.29) is 11.9 Å². The molecule has 0 spiro atoms. The number of hydrogen-bond acceptors (Lipinski definition) is 2. The second-order valence-electron chi connectivity index (χ2n) is 3.50. The van der Waals surface area contributed by atoms with Crippen LogP contribution in [0.4, 0.5) is 0 Å². The molecule has 3 heteroatoms. The summed E-state index contributed by atoms with van der Waals surface area (Å²) in [4.78, 5) is 0. The summed E-state index contributed by atoms with van der Waals surface area (Å²) in [7, 11) is 0. The smallest absolute Gasteiger partial charge is 0.168 e. The van der Waals surface area contributed by atoms with E-state index in [2.05, 4.69) is 0 Å². The lowest BCUT2D eigenvalue weighted by Crippen LogP contribution is -2.29. The Morgan fingerprint density at radius 3 is 2.73 bits per heavy atom. The van der Waals surface area contributed by atoms with Gasteiger partial charge in [0.05, 0.1) is 18.6 Å². The molecule has 2 rings (SSSR count). The first-order chi connectivity index (χ1) is 5.24. The van der Waals surface area contributed by atoms with E-state index in [0.717, 1.165) is 0 Å². The molecule has 2 fully saturated rings. The first kappa shape index (κ1) is 7.84. The zero-order valence-corrected chi connectivity index (χ0v) is 7.43. The van der Waals surface area contributed by atoms with E-state index in [1.807, 2.05) is 6.92 Å². The van der Waals surface area contributed by atoms with Crippen molar-refractivity contribution < 1.29 is 9.47 Å². The second kappa shape index (κ2) is 2.61. The molecule has 1 heterocycles. The maximum atomic E-state index is 5.67. The molecule has 11 heavy (non-hydrogen) atoms. The molecule has 1 aliphatic heterocycles. The highest BCUT2D eigenvalue weighted by atomic mass is 35.5. The Morgan fingerprint density at radius 2 is 2.27 bits per heavy atom. The molecular formula is C8H13ClO2. The average Bonchev–Trinajstić information content (AvgIpc) is 2.77. The molecule has 1 aliphatic carbocycles. The molecular weight excluding hydrogens is 164 g/mol. The molecule has 2 atom stereocenters. The van der Waals surface area contributed by atoms with Crippen molar-refractivity contribution in [1.29, 1.82) is 0 Å². The van der Waals surface area contributed by atoms with Crippen molar-refractivity contribution in [3.05, 3.63) is 0 Å². The Kier molecular flexibility index (Phi) is 1.86. The number of alkyl halides is 1. The van der Waals surface area contributed by atoms with Crippen LogP contribution in [0.3, 0.4) is 0 Å². The molecule has 0 aromatic rings. The summed E-state index contributed by atoms with van der Waals surface area (Å²) in [5.74, 6) is 0.859. The number of rotatable bonds is 2. The van der Waals surface area contributed by atoms with Crippen LogP contribution in [0.15, 0.2) is 0 Å². The van der Waals surface area contributed by atoms with E-state index >= 15 is 0 Å². The van der Waals surface area contributed by atoms with Gasteiger partial charge in [-0.1, -0.05) is 0 Å². The van der Waals surface area contributed by atoms with Gasteiger partial charge in [0.25, 0.3) is 0 Å². The van der Waals surface area contributed by atoms with Crippen molar-refractivity contribution in [2.75, 3.05) is 12.5 Å². The lowest BCUT2D eigenvalue weighted by Gasteiger charge is -2.22. The van der Waals surface area contributed by atoms with Gasteiger partial charge >= 0.3 is 0 Å². The lowest BCUT2D eigenvalue weighted by atomic mass is 10.2. The van der Waals surface area contributed by atoms with Gasteiger partial charge in [0, 0.05) is 5.92 Å². The van der Waals surface area contributed by atoms with Gasteiger partial charge in [-0.3, -0.25) is 0 Å². The van der Waals surface area contributed by atoms with Crippen LogP contribution in [0.25, 0.3) is 0 Å². The van der Waals surface area contributed by atoms with Crippen LogP contribution in [0.5, 0.6) is 0 Å². The minimum Gasteiger partial charge on any atom is -0.347 e. The predicted octanol–water partition coefficient (Wildman–Crippen LogP) is 1.77. The van der Waals surface area contributed by atoms with Crippen LogP contribution in [-0.4, -0.2) is 24.4 Å². The summed E-state index contributed by atoms with van der Waals surface area (Å²) in [5, 5.41) is 0. The Balaban J connectivity index is 1.95. The molecule has 0 radical (unpaired) electrons. The van der Waals surface area contributed by atoms with Crippen molar-refractivity contribution in [2.45, 2.75) is 31.7 Å². The monoisotopic (exact) mass is 176 g/mol. The highest BCUT2D eigenvalue weighted by Crippen LogP contribution is 2.45. The molecule has 0 unspecified atom stereocenters. The van der Waals surface area contributed by atoms with E-state index < -0.39 is 0 Å². The predicted molar refractivity (Wildman–Crippen MR) is 42.7 cm³/mol. The summed E-state index contributed by atoms with van der Waals surface area (Å²) < 4.78 is 11.2. The lowest BCUT2D eigenvalue weighted by molar-refractivity contribution is -0.166. The fourth-order valence-electron chi connectivity index (χ4n) is 1.56. The van der Waals surface area contributed by atoms with E-state index in [4.69, 9.17) is 21.1 Å². The number of halogens is 1. The maximum Gasteiger partial charge on any atom is 0.168 e. The van der Waals surface area contributed by atoms with Crippen molar-refractivity contribution in [2.24, 2.45) is 5.92 Å². The van der Waals surface area contributed by atoms with Crippen LogP contribution >= 0.6 is 11.6 Å². The molecule has 0 N–H and O–H groups in total. The minimum absolute atomic E-state index is 0.113. The van der Waals surface area contributed by atoms with Gasteiger partial charge in [-0.2, -0.15) is 0 Å². The van der Waals surface area contributed by atoms with Gasteiger partial charge in [0.2, 0.25) is 0 Å². The SMILES string of the molecule is C[C@@]1(C2CC2)OC[C@@H](CCl)O1. The minimum atomic E-state index is -0.306. The molecule has 64 valence electrons. The molecule has 0 amide bonds. The van der Waals surface area contributed by atoms with Crippen LogP contribution in [0.2, 0.25) is 0 Å². The highest BCUT2D eigenvalue weighted by Gasteiger charge is 2.48. The van der Waals surface area contributed by atoms with Crippen LogP contribution in [0, 0.1) is 5.92 Å². The normalized spacial score (nSPS) is 44.7. The Hall–Kier alpha value is 0.210. The van der Waals surface area contributed by atoms with Gasteiger partial charge in [-0.05, 0) is 19.8 Å². The Morgan fingerprint density at radius 1 is 1.55 bits per heavy atom. The van der Waals surface area contributed by atoms with Crippen molar-refractivity contribution in [3.63, 3.8) is 0 Å². The topological polar surface area (TPSA) is 18.5 Å². The van der Waals surface area contributed by atoms with Crippen LogP contribution in [0.1, 0.15) is 19.8 Å². The van der Waals surface area contributed by atoms with Crippen molar-refractivity contribution >= 4 is 11.6 Å². The average molecular weight is 177 g/mol. The Labute approximate surface area is 71.8 Å². The third-order valence-electron chi connectivity index (χ3n) is 2.45. The van der Waals surface area contributed by atoms with Crippen LogP contribution in [-0.2, 0) is 9.47 Å². The molecule has 2 nitrogen and oxygen atoms in total. The largest absolute Gasteiger partial charge is 0.347 e. The molecule has 2 aliphatic rings. The first-order valence-corrected chi connectivity index (χ1v) is 4.66. The molecule has 0 aromatic heterocycles. The third kappa shape index (κ3) is 1.40. The summed E-state index contributed by atoms with van der Waals surface area (Å²) in [6.45, 7) is 2.69. The van der Waals surface area contributed by atoms with E-state index in [9.17, 15) is 0 Å². The Bertz CT molecular complexity index is 158. The summed E-state index contributed by atoms with van der Waals surface area (Å²) >= 11 is 5.66. The summed E-state index contributed by atoms with van der Waals surface area (Å²) in [6.07, 6.45) is 2.60. The fraction of sp³-hybridized carbons (Fsp3) is 1.00. The third-order valence-corrected chi connectivity index (χ3v) is 2.79. The zero-order chi connectivity index (χ0) is 7.90. The number of ether oxygens (including phenoxy) is 2. The molecule has 1 saturated heterocycles. The van der Waals surface area contributed by atoms with E-state index in [1.54, 1.807) is 0 Å². The van der Waals surface area contributed by atoms with E-state index in [0.29, 0.717) is 18.4 Å². The number of hydrogen-bond donors (Lipinski definition) is 0. The molecule has 1 saturated carbocycles. The van der Waals surface area contributed by atoms with E-state index in [1.165, 1.54) is 12.8 Å². The maximum absolute atomic E-state index is 5.67. The molecule has 0 aromatic carbocycles. The standard InChI is InChI=1S/C8H13ClO2/c1-8(6-2-3-6)10-5-7(4-9)11-8/h6-7H,2-5H2,1H3/t7-,8-/m1/s1. The van der Waals surface area contributed by atoms with Gasteiger partial charge in [0.15, 0.2) is 5.79 Å². The summed E-state index contributed by atoms with van der Waals surface area (Å²) in [5.41, 5.74) is 0. The quantitative estimate of drug-likeness (QED) is 0.597. The molecule has 0 bridgehead atoms. The summed E-state index contributed by atoms with van der Waals surface area (Å²) in [6, 6.07) is 0. The fourth-order valence-corrected chi connectivity index (χ4v) is 1.71. The van der Waals surface area contributed by atoms with Gasteiger partial charge in [-0.15, -0.1) is 11.6 Å². The zero-order valence-electron chi connectivity index (χ0n) is 6.68. The van der Waals surface area contributed by atoms with Crippen LogP contribution < -0.4 is 0 Å². The van der Waals surface area contributed by atoms with Gasteiger partial charge in [-0.25, -0.2) is 0 Å². The van der Waals surface area contributed by atoms with Gasteiger partial charge in [0.1, 0.15) is 0 Å². The van der Waals surface area contributed by atoms with Crippen molar-refractivity contribution in [1.82, 2.24) is 0 Å². The van der Waals surface area contributed by atoms with Crippen molar-refractivity contribution in [3.8, 4) is 0 Å². The second-order valence-corrected chi connectivity index (χ2v) is 3.80. The van der Waals surface area contributed by atoms with Gasteiger partial charge < -0.3 is 9.47 Å².